The summed E-state index contributed by atoms with van der Waals surface area (Å²) in [4.78, 5) is 14.3. The molecule has 2 aliphatic heterocycles. The lowest BCUT2D eigenvalue weighted by atomic mass is 9.81. The standard InChI is InChI=1S/C23H27NO4/c25-19-15-21(18-7-3-1-4-8-18)28-23(16-19)11-13-24(14-12-23)22(26)17-27-20-9-5-2-6-10-20/h1-10,19,21,25H,11-17H2/t19-,21+/m0/s1. The normalized spacial score (nSPS) is 24.1. The van der Waals surface area contributed by atoms with Crippen molar-refractivity contribution in [1.82, 2.24) is 4.90 Å². The molecule has 0 saturated carbocycles. The van der Waals surface area contributed by atoms with Crippen LogP contribution < -0.4 is 4.74 Å². The van der Waals surface area contributed by atoms with E-state index in [1.807, 2.05) is 53.4 Å². The van der Waals surface area contributed by atoms with E-state index in [9.17, 15) is 9.90 Å². The first-order valence-electron chi connectivity index (χ1n) is 10.0. The van der Waals surface area contributed by atoms with Crippen molar-refractivity contribution >= 4 is 5.91 Å². The molecule has 1 spiro atoms. The van der Waals surface area contributed by atoms with Crippen molar-refractivity contribution in [2.45, 2.75) is 43.5 Å². The van der Waals surface area contributed by atoms with Gasteiger partial charge < -0.3 is 19.5 Å². The minimum absolute atomic E-state index is 0.00493. The summed E-state index contributed by atoms with van der Waals surface area (Å²) in [5.74, 6) is 0.698. The Hall–Kier alpha value is -2.37. The lowest BCUT2D eigenvalue weighted by Crippen LogP contribution is -2.52. The Morgan fingerprint density at radius 2 is 1.71 bits per heavy atom. The number of nitrogens with zero attached hydrogens (tertiary/aromatic N) is 1. The molecule has 1 amide bonds. The van der Waals surface area contributed by atoms with Crippen LogP contribution >= 0.6 is 0 Å². The summed E-state index contributed by atoms with van der Waals surface area (Å²) in [6, 6.07) is 19.5. The zero-order chi connectivity index (χ0) is 19.4. The minimum Gasteiger partial charge on any atom is -0.484 e. The molecule has 4 rings (SSSR count). The van der Waals surface area contributed by atoms with Gasteiger partial charge in [0.05, 0.1) is 17.8 Å². The maximum Gasteiger partial charge on any atom is 0.260 e. The van der Waals surface area contributed by atoms with Crippen LogP contribution in [0.25, 0.3) is 0 Å². The molecule has 2 saturated heterocycles. The van der Waals surface area contributed by atoms with E-state index >= 15 is 0 Å². The molecule has 2 fully saturated rings. The summed E-state index contributed by atoms with van der Waals surface area (Å²) < 4.78 is 12.1. The molecule has 0 aromatic heterocycles. The van der Waals surface area contributed by atoms with Gasteiger partial charge in [0.2, 0.25) is 0 Å². The molecule has 0 unspecified atom stereocenters. The van der Waals surface area contributed by atoms with Gasteiger partial charge in [-0.05, 0) is 30.5 Å². The van der Waals surface area contributed by atoms with E-state index in [0.29, 0.717) is 31.7 Å². The number of rotatable bonds is 4. The number of para-hydroxylation sites is 1. The molecule has 2 aromatic rings. The highest BCUT2D eigenvalue weighted by Gasteiger charge is 2.44. The van der Waals surface area contributed by atoms with Crippen LogP contribution in [0.4, 0.5) is 0 Å². The Bertz CT molecular complexity index is 772. The van der Waals surface area contributed by atoms with Gasteiger partial charge >= 0.3 is 0 Å². The van der Waals surface area contributed by atoms with E-state index in [2.05, 4.69) is 12.1 Å². The number of piperidine rings is 1. The van der Waals surface area contributed by atoms with Gasteiger partial charge in [-0.2, -0.15) is 0 Å². The van der Waals surface area contributed by atoms with Crippen LogP contribution in [0.3, 0.4) is 0 Å². The highest BCUT2D eigenvalue weighted by atomic mass is 16.5. The molecule has 2 atom stereocenters. The number of ether oxygens (including phenoxy) is 2. The van der Waals surface area contributed by atoms with Gasteiger partial charge in [-0.15, -0.1) is 0 Å². The number of benzene rings is 2. The Morgan fingerprint density at radius 1 is 1.07 bits per heavy atom. The third kappa shape index (κ3) is 4.37. The summed E-state index contributed by atoms with van der Waals surface area (Å²) in [5, 5.41) is 10.5. The summed E-state index contributed by atoms with van der Waals surface area (Å²) >= 11 is 0. The number of amides is 1. The number of hydrogen-bond acceptors (Lipinski definition) is 4. The first kappa shape index (κ1) is 19.0. The molecule has 5 heteroatoms. The predicted molar refractivity (Wildman–Crippen MR) is 106 cm³/mol. The SMILES string of the molecule is O=C(COc1ccccc1)N1CCC2(CC1)C[C@@H](O)C[C@H](c1ccccc1)O2. The topological polar surface area (TPSA) is 59.0 Å². The van der Waals surface area contributed by atoms with E-state index in [4.69, 9.17) is 9.47 Å². The van der Waals surface area contributed by atoms with Gasteiger partial charge in [0.25, 0.3) is 5.91 Å². The molecular formula is C23H27NO4. The lowest BCUT2D eigenvalue weighted by molar-refractivity contribution is -0.186. The Morgan fingerprint density at radius 3 is 2.39 bits per heavy atom. The second-order valence-corrected chi connectivity index (χ2v) is 7.78. The van der Waals surface area contributed by atoms with Crippen molar-refractivity contribution in [3.05, 3.63) is 66.2 Å². The minimum atomic E-state index is -0.373. The summed E-state index contributed by atoms with van der Waals surface area (Å²) in [6.45, 7) is 1.31. The van der Waals surface area contributed by atoms with Crippen LogP contribution in [0, 0.1) is 0 Å². The van der Waals surface area contributed by atoms with Gasteiger partial charge in [0.1, 0.15) is 5.75 Å². The van der Waals surface area contributed by atoms with Crippen LogP contribution in [-0.4, -0.2) is 47.3 Å². The fraction of sp³-hybridized carbons (Fsp3) is 0.435. The number of aliphatic hydroxyl groups is 1. The van der Waals surface area contributed by atoms with Crippen LogP contribution in [0.2, 0.25) is 0 Å². The molecule has 2 aliphatic rings. The fourth-order valence-corrected chi connectivity index (χ4v) is 4.27. The quantitative estimate of drug-likeness (QED) is 0.883. The summed E-state index contributed by atoms with van der Waals surface area (Å²) in [5.41, 5.74) is 0.755. The number of carbonyl (C=O) groups is 1. The maximum absolute atomic E-state index is 12.5. The van der Waals surface area contributed by atoms with Crippen molar-refractivity contribution in [3.63, 3.8) is 0 Å². The van der Waals surface area contributed by atoms with Gasteiger partial charge in [-0.3, -0.25) is 4.79 Å². The molecule has 2 aromatic carbocycles. The Kier molecular flexibility index (Phi) is 5.64. The van der Waals surface area contributed by atoms with Crippen LogP contribution in [0.5, 0.6) is 5.75 Å². The monoisotopic (exact) mass is 381 g/mol. The van der Waals surface area contributed by atoms with E-state index in [1.165, 1.54) is 0 Å². The molecule has 1 N–H and O–H groups in total. The molecule has 0 bridgehead atoms. The Labute approximate surface area is 165 Å². The van der Waals surface area contributed by atoms with Crippen molar-refractivity contribution in [2.75, 3.05) is 19.7 Å². The molecular weight excluding hydrogens is 354 g/mol. The smallest absolute Gasteiger partial charge is 0.260 e. The average molecular weight is 381 g/mol. The number of hydrogen-bond donors (Lipinski definition) is 1. The molecule has 0 aliphatic carbocycles. The number of aliphatic hydroxyl groups excluding tert-OH is 1. The second-order valence-electron chi connectivity index (χ2n) is 7.78. The van der Waals surface area contributed by atoms with Crippen LogP contribution in [0.1, 0.15) is 37.4 Å². The third-order valence-electron chi connectivity index (χ3n) is 5.79. The maximum atomic E-state index is 12.5. The number of carbonyl (C=O) groups excluding carboxylic acids is 1. The lowest BCUT2D eigenvalue weighted by Gasteiger charge is -2.48. The fourth-order valence-electron chi connectivity index (χ4n) is 4.27. The van der Waals surface area contributed by atoms with Crippen LogP contribution in [-0.2, 0) is 9.53 Å². The third-order valence-corrected chi connectivity index (χ3v) is 5.79. The molecule has 28 heavy (non-hydrogen) atoms. The largest absolute Gasteiger partial charge is 0.484 e. The van der Waals surface area contributed by atoms with Crippen molar-refractivity contribution in [3.8, 4) is 5.75 Å². The van der Waals surface area contributed by atoms with E-state index < -0.39 is 0 Å². The highest BCUT2D eigenvalue weighted by molar-refractivity contribution is 5.77. The first-order chi connectivity index (χ1) is 13.6. The van der Waals surface area contributed by atoms with Gasteiger partial charge in [0.15, 0.2) is 6.61 Å². The highest BCUT2D eigenvalue weighted by Crippen LogP contribution is 2.42. The summed E-state index contributed by atoms with van der Waals surface area (Å²) in [6.07, 6.45) is 2.28. The van der Waals surface area contributed by atoms with Crippen molar-refractivity contribution < 1.29 is 19.4 Å². The summed E-state index contributed by atoms with van der Waals surface area (Å²) in [7, 11) is 0. The van der Waals surface area contributed by atoms with E-state index in [1.54, 1.807) is 0 Å². The molecule has 5 nitrogen and oxygen atoms in total. The molecule has 148 valence electrons. The van der Waals surface area contributed by atoms with Gasteiger partial charge in [-0.1, -0.05) is 48.5 Å². The van der Waals surface area contributed by atoms with Crippen molar-refractivity contribution in [1.29, 1.82) is 0 Å². The zero-order valence-corrected chi connectivity index (χ0v) is 16.0. The van der Waals surface area contributed by atoms with Crippen molar-refractivity contribution in [2.24, 2.45) is 0 Å². The Balaban J connectivity index is 1.34. The average Bonchev–Trinajstić information content (AvgIpc) is 2.73. The van der Waals surface area contributed by atoms with Crippen LogP contribution in [0.15, 0.2) is 60.7 Å². The van der Waals surface area contributed by atoms with E-state index in [-0.39, 0.29) is 30.3 Å². The van der Waals surface area contributed by atoms with Gasteiger partial charge in [0, 0.05) is 25.9 Å². The molecule has 2 heterocycles. The first-order valence-corrected chi connectivity index (χ1v) is 10.0. The van der Waals surface area contributed by atoms with Gasteiger partial charge in [-0.25, -0.2) is 0 Å². The second kappa shape index (κ2) is 8.33. The van der Waals surface area contributed by atoms with E-state index in [0.717, 1.165) is 18.4 Å². The molecule has 0 radical (unpaired) electrons. The zero-order valence-electron chi connectivity index (χ0n) is 16.0. The number of likely N-dealkylation sites (tertiary alicyclic amines) is 1. The predicted octanol–water partition coefficient (Wildman–Crippen LogP) is 3.34.